The first kappa shape index (κ1) is 71.8. The van der Waals surface area contributed by atoms with E-state index in [0.29, 0.717) is 70.6 Å². The fourth-order valence-corrected chi connectivity index (χ4v) is 9.37. The molecule has 0 saturated carbocycles. The maximum atomic E-state index is 12.7. The van der Waals surface area contributed by atoms with Crippen LogP contribution in [-0.4, -0.2) is 73.4 Å². The molecule has 0 aliphatic heterocycles. The Kier molecular flexibility index (Phi) is 51.9. The highest BCUT2D eigenvalue weighted by atomic mass is 16.6. The Morgan fingerprint density at radius 2 is 0.427 bits per heavy atom. The highest BCUT2D eigenvalue weighted by Gasteiger charge is 2.22. The van der Waals surface area contributed by atoms with Crippen LogP contribution in [0.1, 0.15) is 330 Å². The first-order chi connectivity index (χ1) is 36.5. The van der Waals surface area contributed by atoms with E-state index in [9.17, 15) is 28.8 Å². The van der Waals surface area contributed by atoms with Crippen LogP contribution in [-0.2, 0) is 57.2 Å². The van der Waals surface area contributed by atoms with Gasteiger partial charge in [0.1, 0.15) is 24.4 Å². The van der Waals surface area contributed by atoms with Crippen molar-refractivity contribution in [3.8, 4) is 0 Å². The molecule has 0 spiro atoms. The number of unbranched alkanes of at least 4 members (excludes halogenated alkanes) is 22. The zero-order valence-corrected chi connectivity index (χ0v) is 49.4. The molecule has 0 saturated heterocycles. The third-order valence-corrected chi connectivity index (χ3v) is 14.1. The summed E-state index contributed by atoms with van der Waals surface area (Å²) in [5.74, 6) is -0.930. The fraction of sp³-hybridized carbons (Fsp3) is 0.905. The molecule has 0 aromatic rings. The van der Waals surface area contributed by atoms with Crippen molar-refractivity contribution in [1.82, 2.24) is 0 Å². The Balaban J connectivity index is 4.50. The van der Waals surface area contributed by atoms with Gasteiger partial charge in [-0.2, -0.15) is 0 Å². The van der Waals surface area contributed by atoms with Crippen molar-refractivity contribution < 1.29 is 57.2 Å². The molecule has 0 aliphatic carbocycles. The zero-order chi connectivity index (χ0) is 55.3. The molecule has 0 heterocycles. The van der Waals surface area contributed by atoms with E-state index in [1.807, 2.05) is 0 Å². The SMILES string of the molecule is CCCCCCC(CCC(CCCCCCCC(=O)OCCCOC(=O)CCCCCCCCC(CCC(CCCCC)OC(=O)CCCCC)OC(=O)CCCCC)OC(=O)CCCCC)OC(=O)CCCCC. The van der Waals surface area contributed by atoms with E-state index in [2.05, 4.69) is 41.5 Å². The van der Waals surface area contributed by atoms with Gasteiger partial charge in [0.25, 0.3) is 0 Å². The largest absolute Gasteiger partial charge is 0.466 e. The first-order valence-electron chi connectivity index (χ1n) is 31.6. The summed E-state index contributed by atoms with van der Waals surface area (Å²) in [6, 6.07) is 0. The van der Waals surface area contributed by atoms with Gasteiger partial charge in [0, 0.05) is 44.9 Å². The molecule has 0 aromatic carbocycles. The summed E-state index contributed by atoms with van der Waals surface area (Å²) in [6.07, 6.45) is 38.3. The summed E-state index contributed by atoms with van der Waals surface area (Å²) >= 11 is 0. The van der Waals surface area contributed by atoms with E-state index in [-0.39, 0.29) is 73.4 Å². The van der Waals surface area contributed by atoms with Gasteiger partial charge < -0.3 is 28.4 Å². The summed E-state index contributed by atoms with van der Waals surface area (Å²) in [6.45, 7) is 13.3. The van der Waals surface area contributed by atoms with Crippen LogP contribution >= 0.6 is 0 Å². The van der Waals surface area contributed by atoms with Gasteiger partial charge in [0.2, 0.25) is 0 Å². The Bertz CT molecular complexity index is 1370. The van der Waals surface area contributed by atoms with Gasteiger partial charge in [0.15, 0.2) is 0 Å². The average Bonchev–Trinajstić information content (AvgIpc) is 3.38. The van der Waals surface area contributed by atoms with Crippen molar-refractivity contribution in [2.45, 2.75) is 355 Å². The molecule has 0 aromatic heterocycles. The average molecular weight is 1070 g/mol. The van der Waals surface area contributed by atoms with E-state index < -0.39 is 0 Å². The highest BCUT2D eigenvalue weighted by molar-refractivity contribution is 5.71. The Morgan fingerprint density at radius 1 is 0.227 bits per heavy atom. The maximum absolute atomic E-state index is 12.7. The Labute approximate surface area is 459 Å². The number of carbonyl (C=O) groups excluding carboxylic acids is 6. The highest BCUT2D eigenvalue weighted by Crippen LogP contribution is 2.23. The Morgan fingerprint density at radius 3 is 0.720 bits per heavy atom. The van der Waals surface area contributed by atoms with Gasteiger partial charge >= 0.3 is 35.8 Å². The molecular weight excluding hydrogens is 949 g/mol. The molecule has 0 amide bonds. The van der Waals surface area contributed by atoms with Crippen LogP contribution in [0.5, 0.6) is 0 Å². The van der Waals surface area contributed by atoms with Crippen LogP contribution in [0.25, 0.3) is 0 Å². The summed E-state index contributed by atoms with van der Waals surface area (Å²) in [7, 11) is 0. The zero-order valence-electron chi connectivity index (χ0n) is 49.4. The lowest BCUT2D eigenvalue weighted by atomic mass is 9.99. The number of ether oxygens (including phenoxy) is 6. The molecule has 0 bridgehead atoms. The minimum absolute atomic E-state index is 0.110. The first-order valence-corrected chi connectivity index (χ1v) is 31.6. The minimum atomic E-state index is -0.229. The lowest BCUT2D eigenvalue weighted by Gasteiger charge is -2.22. The van der Waals surface area contributed by atoms with E-state index >= 15 is 0 Å². The molecule has 4 atom stereocenters. The van der Waals surface area contributed by atoms with Gasteiger partial charge in [0.05, 0.1) is 13.2 Å². The molecule has 0 aliphatic rings. The second-order valence-corrected chi connectivity index (χ2v) is 21.5. The second-order valence-electron chi connectivity index (χ2n) is 21.5. The molecule has 12 heteroatoms. The van der Waals surface area contributed by atoms with Crippen LogP contribution in [0.15, 0.2) is 0 Å². The number of hydrogen-bond donors (Lipinski definition) is 0. The summed E-state index contributed by atoms with van der Waals surface area (Å²) in [5, 5.41) is 0. The van der Waals surface area contributed by atoms with Crippen LogP contribution in [0.4, 0.5) is 0 Å². The summed E-state index contributed by atoms with van der Waals surface area (Å²) in [5.41, 5.74) is 0. The number of rotatable bonds is 56. The van der Waals surface area contributed by atoms with E-state index in [0.717, 1.165) is 212 Å². The quantitative estimate of drug-likeness (QED) is 0.0323. The molecule has 12 nitrogen and oxygen atoms in total. The third-order valence-electron chi connectivity index (χ3n) is 14.1. The number of hydrogen-bond acceptors (Lipinski definition) is 12. The van der Waals surface area contributed by atoms with E-state index in [4.69, 9.17) is 28.4 Å². The van der Waals surface area contributed by atoms with Crippen molar-refractivity contribution in [3.63, 3.8) is 0 Å². The predicted octanol–water partition coefficient (Wildman–Crippen LogP) is 17.4. The molecule has 0 fully saturated rings. The monoisotopic (exact) mass is 1060 g/mol. The third kappa shape index (κ3) is 48.9. The van der Waals surface area contributed by atoms with Crippen LogP contribution < -0.4 is 0 Å². The van der Waals surface area contributed by atoms with Gasteiger partial charge in [-0.3, -0.25) is 28.8 Å². The summed E-state index contributed by atoms with van der Waals surface area (Å²) < 4.78 is 34.7. The Hall–Kier alpha value is -3.18. The van der Waals surface area contributed by atoms with Crippen molar-refractivity contribution in [3.05, 3.63) is 0 Å². The van der Waals surface area contributed by atoms with Crippen molar-refractivity contribution in [2.75, 3.05) is 13.2 Å². The predicted molar refractivity (Wildman–Crippen MR) is 303 cm³/mol. The lowest BCUT2D eigenvalue weighted by molar-refractivity contribution is -0.154. The van der Waals surface area contributed by atoms with E-state index in [1.54, 1.807) is 0 Å². The molecule has 0 radical (unpaired) electrons. The topological polar surface area (TPSA) is 158 Å². The number of esters is 6. The van der Waals surface area contributed by atoms with E-state index in [1.165, 1.54) is 6.42 Å². The van der Waals surface area contributed by atoms with Gasteiger partial charge in [-0.05, 0) is 116 Å². The van der Waals surface area contributed by atoms with Crippen LogP contribution in [0.3, 0.4) is 0 Å². The molecule has 440 valence electrons. The molecule has 0 rings (SSSR count). The maximum Gasteiger partial charge on any atom is 0.306 e. The number of carbonyl (C=O) groups is 6. The molecule has 4 unspecified atom stereocenters. The molecular formula is C63H116O12. The summed E-state index contributed by atoms with van der Waals surface area (Å²) in [4.78, 5) is 75.4. The van der Waals surface area contributed by atoms with Crippen LogP contribution in [0.2, 0.25) is 0 Å². The normalized spacial score (nSPS) is 12.9. The second kappa shape index (κ2) is 54.2. The minimum Gasteiger partial charge on any atom is -0.466 e. The van der Waals surface area contributed by atoms with Crippen LogP contribution in [0, 0.1) is 0 Å². The molecule has 0 N–H and O–H groups in total. The van der Waals surface area contributed by atoms with Gasteiger partial charge in [-0.25, -0.2) is 0 Å². The van der Waals surface area contributed by atoms with Gasteiger partial charge in [-0.1, -0.05) is 170 Å². The smallest absolute Gasteiger partial charge is 0.306 e. The lowest BCUT2D eigenvalue weighted by Crippen LogP contribution is -2.23. The fourth-order valence-electron chi connectivity index (χ4n) is 9.37. The molecule has 75 heavy (non-hydrogen) atoms. The van der Waals surface area contributed by atoms with Crippen molar-refractivity contribution in [2.24, 2.45) is 0 Å². The van der Waals surface area contributed by atoms with Crippen molar-refractivity contribution >= 4 is 35.8 Å². The van der Waals surface area contributed by atoms with Gasteiger partial charge in [-0.15, -0.1) is 0 Å². The van der Waals surface area contributed by atoms with Crippen molar-refractivity contribution in [1.29, 1.82) is 0 Å². The standard InChI is InChI=1S/C63H116O12/c1-7-13-19-32-39-55(73-61(67)45-29-16-10-4)50-51-57(75-63(69)47-31-18-12-6)41-34-24-22-26-36-43-59(65)71-53-37-52-70-58(64)42-35-25-21-20-23-33-40-56(74-62(68)46-30-17-11-5)49-48-54(38-27-14-8-2)72-60(66)44-28-15-9-3/h54-57H,7-53H2,1-6H3.